The topological polar surface area (TPSA) is 52.0 Å². The molecule has 0 amide bonds. The third-order valence-electron chi connectivity index (χ3n) is 2.09. The molecule has 0 atom stereocenters. The average molecular weight is 210 g/mol. The Morgan fingerprint density at radius 3 is 2.60 bits per heavy atom. The Kier molecular flexibility index (Phi) is 2.15. The van der Waals surface area contributed by atoms with Gasteiger partial charge in [0.2, 0.25) is 5.88 Å². The molecule has 3 nitrogen and oxygen atoms in total. The van der Waals surface area contributed by atoms with Gasteiger partial charge in [-0.15, -0.1) is 0 Å². The number of nitrogen functional groups attached to an aromatic ring is 1. The molecule has 1 heterocycles. The molecule has 78 valence electrons. The Labute approximate surface area is 84.5 Å². The van der Waals surface area contributed by atoms with Gasteiger partial charge in [0, 0.05) is 11.6 Å². The molecular weight excluding hydrogens is 202 g/mol. The number of nitrogens with two attached hydrogens (primary N) is 1. The maximum atomic E-state index is 13.4. The summed E-state index contributed by atoms with van der Waals surface area (Å²) in [6.07, 6.45) is 0. The number of halogens is 2. The van der Waals surface area contributed by atoms with E-state index < -0.39 is 11.6 Å². The number of nitrogens with zero attached hydrogens (tertiary/aromatic N) is 1. The Bertz CT molecular complexity index is 489. The molecule has 0 aliphatic carbocycles. The van der Waals surface area contributed by atoms with Gasteiger partial charge in [-0.25, -0.2) is 8.78 Å². The molecule has 0 fully saturated rings. The molecule has 0 spiro atoms. The lowest BCUT2D eigenvalue weighted by Crippen LogP contribution is -1.91. The Morgan fingerprint density at radius 1 is 1.33 bits per heavy atom. The van der Waals surface area contributed by atoms with Crippen LogP contribution in [-0.4, -0.2) is 5.16 Å². The molecule has 2 aromatic rings. The van der Waals surface area contributed by atoms with E-state index in [1.54, 1.807) is 6.92 Å². The van der Waals surface area contributed by atoms with E-state index in [-0.39, 0.29) is 11.4 Å². The minimum Gasteiger partial charge on any atom is -0.367 e. The SMILES string of the molecule is Cc1noc(N)c1-c1ccc(F)cc1F. The van der Waals surface area contributed by atoms with Crippen molar-refractivity contribution in [1.82, 2.24) is 5.16 Å². The molecule has 0 aliphatic heterocycles. The second-order valence-corrected chi connectivity index (χ2v) is 3.13. The van der Waals surface area contributed by atoms with Crippen LogP contribution in [0.25, 0.3) is 11.1 Å². The fourth-order valence-corrected chi connectivity index (χ4v) is 1.41. The summed E-state index contributed by atoms with van der Waals surface area (Å²) in [7, 11) is 0. The molecular formula is C10H8F2N2O. The summed E-state index contributed by atoms with van der Waals surface area (Å²) < 4.78 is 30.8. The van der Waals surface area contributed by atoms with E-state index in [9.17, 15) is 8.78 Å². The standard InChI is InChI=1S/C10H8F2N2O/c1-5-9(10(13)15-14-5)7-3-2-6(11)4-8(7)12/h2-4H,13H2,1H3. The lowest BCUT2D eigenvalue weighted by atomic mass is 10.1. The van der Waals surface area contributed by atoms with Crippen molar-refractivity contribution in [2.24, 2.45) is 0 Å². The fourth-order valence-electron chi connectivity index (χ4n) is 1.41. The van der Waals surface area contributed by atoms with Gasteiger partial charge in [0.05, 0.1) is 11.3 Å². The quantitative estimate of drug-likeness (QED) is 0.786. The highest BCUT2D eigenvalue weighted by molar-refractivity contribution is 5.75. The molecule has 0 saturated heterocycles. The molecule has 1 aromatic heterocycles. The molecule has 0 radical (unpaired) electrons. The molecule has 2 N–H and O–H groups in total. The molecule has 2 rings (SSSR count). The number of aryl methyl sites for hydroxylation is 1. The van der Waals surface area contributed by atoms with Crippen molar-refractivity contribution in [3.8, 4) is 11.1 Å². The molecule has 0 bridgehead atoms. The molecule has 0 unspecified atom stereocenters. The van der Waals surface area contributed by atoms with Crippen LogP contribution >= 0.6 is 0 Å². The van der Waals surface area contributed by atoms with Gasteiger partial charge in [-0.05, 0) is 19.1 Å². The zero-order valence-corrected chi connectivity index (χ0v) is 7.92. The predicted octanol–water partition coefficient (Wildman–Crippen LogP) is 2.51. The van der Waals surface area contributed by atoms with E-state index in [1.807, 2.05) is 0 Å². The third kappa shape index (κ3) is 1.56. The van der Waals surface area contributed by atoms with E-state index in [1.165, 1.54) is 6.07 Å². The van der Waals surface area contributed by atoms with E-state index >= 15 is 0 Å². The minimum atomic E-state index is -0.687. The zero-order chi connectivity index (χ0) is 11.0. The first kappa shape index (κ1) is 9.64. The normalized spacial score (nSPS) is 10.6. The summed E-state index contributed by atoms with van der Waals surface area (Å²) in [6, 6.07) is 3.26. The molecule has 15 heavy (non-hydrogen) atoms. The summed E-state index contributed by atoms with van der Waals surface area (Å²) in [6.45, 7) is 1.64. The zero-order valence-electron chi connectivity index (χ0n) is 7.92. The number of benzene rings is 1. The van der Waals surface area contributed by atoms with E-state index in [0.717, 1.165) is 12.1 Å². The summed E-state index contributed by atoms with van der Waals surface area (Å²) >= 11 is 0. The fraction of sp³-hybridized carbons (Fsp3) is 0.100. The lowest BCUT2D eigenvalue weighted by molar-refractivity contribution is 0.431. The average Bonchev–Trinajstić information content (AvgIpc) is 2.48. The van der Waals surface area contributed by atoms with Crippen molar-refractivity contribution >= 4 is 5.88 Å². The Hall–Kier alpha value is -1.91. The Morgan fingerprint density at radius 2 is 2.07 bits per heavy atom. The van der Waals surface area contributed by atoms with E-state index in [2.05, 4.69) is 5.16 Å². The maximum Gasteiger partial charge on any atom is 0.230 e. The third-order valence-corrected chi connectivity index (χ3v) is 2.09. The number of anilines is 1. The van der Waals surface area contributed by atoms with Gasteiger partial charge in [-0.3, -0.25) is 0 Å². The van der Waals surface area contributed by atoms with Gasteiger partial charge in [0.15, 0.2) is 0 Å². The van der Waals surface area contributed by atoms with Gasteiger partial charge >= 0.3 is 0 Å². The molecule has 0 saturated carbocycles. The van der Waals surface area contributed by atoms with Crippen LogP contribution in [0, 0.1) is 18.6 Å². The number of rotatable bonds is 1. The number of hydrogen-bond donors (Lipinski definition) is 1. The van der Waals surface area contributed by atoms with Crippen molar-refractivity contribution in [2.45, 2.75) is 6.92 Å². The van der Waals surface area contributed by atoms with Gasteiger partial charge in [0.1, 0.15) is 11.6 Å². The minimum absolute atomic E-state index is 0.0259. The molecule has 0 aliphatic rings. The van der Waals surface area contributed by atoms with E-state index in [4.69, 9.17) is 10.3 Å². The highest BCUT2D eigenvalue weighted by Gasteiger charge is 2.16. The van der Waals surface area contributed by atoms with Crippen molar-refractivity contribution in [1.29, 1.82) is 0 Å². The predicted molar refractivity (Wildman–Crippen MR) is 51.0 cm³/mol. The van der Waals surface area contributed by atoms with Crippen molar-refractivity contribution in [3.05, 3.63) is 35.5 Å². The molecule has 1 aromatic carbocycles. The van der Waals surface area contributed by atoms with Crippen LogP contribution in [-0.2, 0) is 0 Å². The van der Waals surface area contributed by atoms with Crippen molar-refractivity contribution in [2.75, 3.05) is 5.73 Å². The summed E-state index contributed by atoms with van der Waals surface area (Å²) in [5, 5.41) is 3.60. The largest absolute Gasteiger partial charge is 0.367 e. The van der Waals surface area contributed by atoms with Gasteiger partial charge in [-0.1, -0.05) is 5.16 Å². The smallest absolute Gasteiger partial charge is 0.230 e. The monoisotopic (exact) mass is 210 g/mol. The number of hydrogen-bond acceptors (Lipinski definition) is 3. The van der Waals surface area contributed by atoms with Crippen molar-refractivity contribution < 1.29 is 13.3 Å². The van der Waals surface area contributed by atoms with E-state index in [0.29, 0.717) is 11.3 Å². The van der Waals surface area contributed by atoms with Crippen LogP contribution in [0.3, 0.4) is 0 Å². The van der Waals surface area contributed by atoms with Gasteiger partial charge < -0.3 is 10.3 Å². The Balaban J connectivity index is 2.64. The van der Waals surface area contributed by atoms with Crippen LogP contribution in [0.5, 0.6) is 0 Å². The second-order valence-electron chi connectivity index (χ2n) is 3.13. The second kappa shape index (κ2) is 3.34. The van der Waals surface area contributed by atoms with Crippen LogP contribution in [0.4, 0.5) is 14.7 Å². The van der Waals surface area contributed by atoms with Gasteiger partial charge in [0.25, 0.3) is 0 Å². The number of aromatic nitrogens is 1. The lowest BCUT2D eigenvalue weighted by Gasteiger charge is -2.01. The van der Waals surface area contributed by atoms with Gasteiger partial charge in [-0.2, -0.15) is 0 Å². The summed E-state index contributed by atoms with van der Waals surface area (Å²) in [5.41, 5.74) is 6.52. The van der Waals surface area contributed by atoms with Crippen LogP contribution in [0.1, 0.15) is 5.69 Å². The first-order valence-corrected chi connectivity index (χ1v) is 4.26. The first-order chi connectivity index (χ1) is 7.09. The molecule has 5 heteroatoms. The first-order valence-electron chi connectivity index (χ1n) is 4.26. The summed E-state index contributed by atoms with van der Waals surface area (Å²) in [5.74, 6) is -1.30. The highest BCUT2D eigenvalue weighted by Crippen LogP contribution is 2.31. The van der Waals surface area contributed by atoms with Crippen LogP contribution in [0.2, 0.25) is 0 Å². The van der Waals surface area contributed by atoms with Crippen LogP contribution < -0.4 is 5.73 Å². The summed E-state index contributed by atoms with van der Waals surface area (Å²) in [4.78, 5) is 0. The van der Waals surface area contributed by atoms with Crippen LogP contribution in [0.15, 0.2) is 22.7 Å². The van der Waals surface area contributed by atoms with Crippen molar-refractivity contribution in [3.63, 3.8) is 0 Å². The highest BCUT2D eigenvalue weighted by atomic mass is 19.1. The maximum absolute atomic E-state index is 13.4.